The molecule has 1 saturated heterocycles. The van der Waals surface area contributed by atoms with E-state index in [0.29, 0.717) is 25.0 Å². The summed E-state index contributed by atoms with van der Waals surface area (Å²) in [6.07, 6.45) is 2.18. The molecule has 2 unspecified atom stereocenters. The third-order valence-corrected chi connectivity index (χ3v) is 3.48. The Morgan fingerprint density at radius 2 is 2.21 bits per heavy atom. The van der Waals surface area contributed by atoms with Crippen LogP contribution in [0.15, 0.2) is 4.42 Å². The van der Waals surface area contributed by atoms with Crippen LogP contribution in [0.1, 0.15) is 31.6 Å². The smallest absolute Gasteiger partial charge is 0.322 e. The maximum absolute atomic E-state index is 12.1. The normalized spacial score (nSPS) is 26.6. The zero-order valence-electron chi connectivity index (χ0n) is 10.9. The van der Waals surface area contributed by atoms with Crippen LogP contribution in [0.4, 0.5) is 6.01 Å². The summed E-state index contributed by atoms with van der Waals surface area (Å²) in [5, 5.41) is 13.7. The third-order valence-electron chi connectivity index (χ3n) is 3.48. The van der Waals surface area contributed by atoms with Crippen LogP contribution < -0.4 is 10.6 Å². The van der Waals surface area contributed by atoms with Crippen LogP contribution in [-0.2, 0) is 9.53 Å². The van der Waals surface area contributed by atoms with Crippen molar-refractivity contribution in [1.29, 1.82) is 0 Å². The fraction of sp³-hybridized carbons (Fsp3) is 0.750. The van der Waals surface area contributed by atoms with Crippen molar-refractivity contribution in [1.82, 2.24) is 15.5 Å². The first-order chi connectivity index (χ1) is 9.28. The van der Waals surface area contributed by atoms with Gasteiger partial charge in [-0.1, -0.05) is 12.0 Å². The molecule has 1 saturated carbocycles. The highest BCUT2D eigenvalue weighted by Gasteiger charge is 2.35. The van der Waals surface area contributed by atoms with E-state index in [0.717, 1.165) is 19.4 Å². The van der Waals surface area contributed by atoms with Crippen LogP contribution in [0, 0.1) is 5.92 Å². The number of amides is 1. The molecule has 0 radical (unpaired) electrons. The number of likely N-dealkylation sites (N-methyl/N-ethyl adjacent to an activating group) is 1. The van der Waals surface area contributed by atoms with Gasteiger partial charge in [-0.2, -0.15) is 0 Å². The molecule has 2 heterocycles. The van der Waals surface area contributed by atoms with Crippen LogP contribution in [0.2, 0.25) is 0 Å². The lowest BCUT2D eigenvalue weighted by Gasteiger charge is -2.16. The predicted molar refractivity (Wildman–Crippen MR) is 66.7 cm³/mol. The maximum Gasteiger partial charge on any atom is 0.322 e. The summed E-state index contributed by atoms with van der Waals surface area (Å²) in [6, 6.07) is 0.241. The molecular formula is C12H18N4O3. The summed E-state index contributed by atoms with van der Waals surface area (Å²) in [4.78, 5) is 12.1. The Labute approximate surface area is 111 Å². The highest BCUT2D eigenvalue weighted by molar-refractivity contribution is 5.91. The highest BCUT2D eigenvalue weighted by atomic mass is 16.5. The Morgan fingerprint density at radius 1 is 1.37 bits per heavy atom. The van der Waals surface area contributed by atoms with Crippen molar-refractivity contribution >= 4 is 11.9 Å². The number of carbonyl (C=O) groups excluding carboxylic acids is 1. The lowest BCUT2D eigenvalue weighted by molar-refractivity contribution is -0.120. The molecule has 7 nitrogen and oxygen atoms in total. The Morgan fingerprint density at radius 3 is 2.95 bits per heavy atom. The molecule has 2 atom stereocenters. The van der Waals surface area contributed by atoms with Gasteiger partial charge in [-0.25, -0.2) is 0 Å². The van der Waals surface area contributed by atoms with Crippen molar-refractivity contribution < 1.29 is 13.9 Å². The van der Waals surface area contributed by atoms with Gasteiger partial charge in [-0.15, -0.1) is 5.10 Å². The largest absolute Gasteiger partial charge is 0.408 e. The molecule has 1 aromatic heterocycles. The van der Waals surface area contributed by atoms with E-state index in [9.17, 15) is 4.79 Å². The van der Waals surface area contributed by atoms with Crippen molar-refractivity contribution in [3.05, 3.63) is 5.89 Å². The summed E-state index contributed by atoms with van der Waals surface area (Å²) in [6.45, 7) is 3.80. The molecule has 3 rings (SSSR count). The molecule has 2 fully saturated rings. The first-order valence-electron chi connectivity index (χ1n) is 6.73. The topological polar surface area (TPSA) is 89.3 Å². The minimum atomic E-state index is -0.212. The molecular weight excluding hydrogens is 248 g/mol. The van der Waals surface area contributed by atoms with Gasteiger partial charge in [0.1, 0.15) is 0 Å². The van der Waals surface area contributed by atoms with Gasteiger partial charge in [-0.3, -0.25) is 10.1 Å². The van der Waals surface area contributed by atoms with Gasteiger partial charge in [0.25, 0.3) is 0 Å². The molecule has 1 amide bonds. The number of anilines is 1. The zero-order chi connectivity index (χ0) is 13.2. The SMILES string of the molecule is CCNC1COCC1C(=O)Nc1nnc(C2CC2)o1. The minimum absolute atomic E-state index is 0.0517. The van der Waals surface area contributed by atoms with Gasteiger partial charge < -0.3 is 14.5 Å². The van der Waals surface area contributed by atoms with E-state index in [4.69, 9.17) is 9.15 Å². The molecule has 0 spiro atoms. The quantitative estimate of drug-likeness (QED) is 0.807. The van der Waals surface area contributed by atoms with Crippen LogP contribution >= 0.6 is 0 Å². The molecule has 2 aliphatic rings. The van der Waals surface area contributed by atoms with E-state index in [-0.39, 0.29) is 23.9 Å². The number of nitrogens with one attached hydrogen (secondary N) is 2. The first-order valence-corrected chi connectivity index (χ1v) is 6.73. The molecule has 1 aromatic rings. The fourth-order valence-electron chi connectivity index (χ4n) is 2.25. The summed E-state index contributed by atoms with van der Waals surface area (Å²) in [5.41, 5.74) is 0. The lowest BCUT2D eigenvalue weighted by atomic mass is 10.0. The second-order valence-corrected chi connectivity index (χ2v) is 5.02. The summed E-state index contributed by atoms with van der Waals surface area (Å²) in [7, 11) is 0. The molecule has 7 heteroatoms. The number of hydrogen-bond donors (Lipinski definition) is 2. The van der Waals surface area contributed by atoms with Crippen molar-refractivity contribution in [2.45, 2.75) is 31.7 Å². The number of carbonyl (C=O) groups is 1. The Hall–Kier alpha value is -1.47. The van der Waals surface area contributed by atoms with E-state index >= 15 is 0 Å². The molecule has 2 N–H and O–H groups in total. The number of nitrogens with zero attached hydrogens (tertiary/aromatic N) is 2. The third kappa shape index (κ3) is 2.76. The number of rotatable bonds is 5. The van der Waals surface area contributed by atoms with Gasteiger partial charge in [0.05, 0.1) is 19.1 Å². The zero-order valence-corrected chi connectivity index (χ0v) is 10.9. The van der Waals surface area contributed by atoms with Gasteiger partial charge >= 0.3 is 6.01 Å². The molecule has 0 aromatic carbocycles. The summed E-state index contributed by atoms with van der Waals surface area (Å²) in [5.74, 6) is 0.675. The Kier molecular flexibility index (Phi) is 3.48. The van der Waals surface area contributed by atoms with Crippen molar-refractivity contribution in [3.63, 3.8) is 0 Å². The molecule has 1 aliphatic heterocycles. The first kappa shape index (κ1) is 12.6. The minimum Gasteiger partial charge on any atom is -0.408 e. The fourth-order valence-corrected chi connectivity index (χ4v) is 2.25. The maximum atomic E-state index is 12.1. The van der Waals surface area contributed by atoms with Crippen LogP contribution in [0.5, 0.6) is 0 Å². The van der Waals surface area contributed by atoms with Gasteiger partial charge in [0.2, 0.25) is 11.8 Å². The monoisotopic (exact) mass is 266 g/mol. The van der Waals surface area contributed by atoms with E-state index in [1.54, 1.807) is 0 Å². The van der Waals surface area contributed by atoms with Gasteiger partial charge in [0.15, 0.2) is 0 Å². The standard InChI is InChI=1S/C12H18N4O3/c1-2-13-9-6-18-5-8(9)10(17)14-12-16-15-11(19-12)7-3-4-7/h7-9,13H,2-6H2,1H3,(H,14,16,17). The van der Waals surface area contributed by atoms with Crippen molar-refractivity contribution in [2.75, 3.05) is 25.1 Å². The van der Waals surface area contributed by atoms with E-state index < -0.39 is 0 Å². The average molecular weight is 266 g/mol. The number of aromatic nitrogens is 2. The Balaban J connectivity index is 1.60. The van der Waals surface area contributed by atoms with E-state index in [2.05, 4.69) is 20.8 Å². The van der Waals surface area contributed by atoms with Crippen LogP contribution in [0.25, 0.3) is 0 Å². The second-order valence-electron chi connectivity index (χ2n) is 5.02. The van der Waals surface area contributed by atoms with E-state index in [1.165, 1.54) is 0 Å². The number of ether oxygens (including phenoxy) is 1. The summed E-state index contributed by atoms with van der Waals surface area (Å²) >= 11 is 0. The number of hydrogen-bond acceptors (Lipinski definition) is 6. The summed E-state index contributed by atoms with van der Waals surface area (Å²) < 4.78 is 10.8. The molecule has 104 valence electrons. The van der Waals surface area contributed by atoms with Gasteiger partial charge in [0, 0.05) is 12.0 Å². The lowest BCUT2D eigenvalue weighted by Crippen LogP contribution is -2.41. The van der Waals surface area contributed by atoms with Crippen molar-refractivity contribution in [3.8, 4) is 0 Å². The Bertz CT molecular complexity index is 458. The predicted octanol–water partition coefficient (Wildman–Crippen LogP) is 0.510. The highest BCUT2D eigenvalue weighted by Crippen LogP contribution is 2.39. The van der Waals surface area contributed by atoms with E-state index in [1.807, 2.05) is 6.92 Å². The van der Waals surface area contributed by atoms with Crippen LogP contribution in [-0.4, -0.2) is 41.9 Å². The van der Waals surface area contributed by atoms with Crippen LogP contribution in [0.3, 0.4) is 0 Å². The molecule has 0 bridgehead atoms. The average Bonchev–Trinajstić information content (AvgIpc) is 2.96. The van der Waals surface area contributed by atoms with Gasteiger partial charge in [-0.05, 0) is 19.4 Å². The molecule has 19 heavy (non-hydrogen) atoms. The second kappa shape index (κ2) is 5.26. The molecule has 1 aliphatic carbocycles. The van der Waals surface area contributed by atoms with Crippen molar-refractivity contribution in [2.24, 2.45) is 5.92 Å².